The van der Waals surface area contributed by atoms with E-state index in [1.165, 1.54) is 11.8 Å². The minimum atomic E-state index is -0.126. The number of carbonyl (C=O) groups is 1. The quantitative estimate of drug-likeness (QED) is 0.562. The van der Waals surface area contributed by atoms with Crippen LogP contribution in [0.25, 0.3) is 10.9 Å². The maximum atomic E-state index is 12.9. The van der Waals surface area contributed by atoms with Crippen molar-refractivity contribution >= 4 is 40.2 Å². The standard InChI is InChI=1S/C19H24ClN3O3S/c1-12(2)10-23-18(25)15-8-13(20)5-6-16(15)22-19(23)27-11-17(24)21-9-14-4-3-7-26-14/h5-6,8,12,14H,3-4,7,9-11H2,1-2H3,(H,21,24). The van der Waals surface area contributed by atoms with E-state index in [2.05, 4.69) is 10.3 Å². The Labute approximate surface area is 167 Å². The lowest BCUT2D eigenvalue weighted by molar-refractivity contribution is -0.119. The third kappa shape index (κ3) is 5.24. The lowest BCUT2D eigenvalue weighted by atomic mass is 10.2. The van der Waals surface area contributed by atoms with Crippen molar-refractivity contribution < 1.29 is 9.53 Å². The van der Waals surface area contributed by atoms with Crippen molar-refractivity contribution in [3.63, 3.8) is 0 Å². The number of hydrogen-bond donors (Lipinski definition) is 1. The van der Waals surface area contributed by atoms with Crippen molar-refractivity contribution in [3.05, 3.63) is 33.6 Å². The predicted molar refractivity (Wildman–Crippen MR) is 109 cm³/mol. The molecule has 1 aliphatic rings. The van der Waals surface area contributed by atoms with E-state index in [4.69, 9.17) is 16.3 Å². The SMILES string of the molecule is CC(C)Cn1c(SCC(=O)NCC2CCCO2)nc2ccc(Cl)cc2c1=O. The summed E-state index contributed by atoms with van der Waals surface area (Å²) >= 11 is 7.31. The molecule has 1 amide bonds. The molecule has 0 bridgehead atoms. The van der Waals surface area contributed by atoms with E-state index in [0.717, 1.165) is 19.4 Å². The van der Waals surface area contributed by atoms with Crippen LogP contribution in [0, 0.1) is 5.92 Å². The monoisotopic (exact) mass is 409 g/mol. The van der Waals surface area contributed by atoms with Gasteiger partial charge in [0.1, 0.15) is 0 Å². The maximum Gasteiger partial charge on any atom is 0.262 e. The van der Waals surface area contributed by atoms with Crippen LogP contribution in [-0.2, 0) is 16.1 Å². The summed E-state index contributed by atoms with van der Waals surface area (Å²) in [6, 6.07) is 5.10. The zero-order chi connectivity index (χ0) is 19.4. The van der Waals surface area contributed by atoms with Crippen LogP contribution in [0.15, 0.2) is 28.2 Å². The Morgan fingerprint density at radius 2 is 2.30 bits per heavy atom. The van der Waals surface area contributed by atoms with Crippen LogP contribution in [0.3, 0.4) is 0 Å². The molecular formula is C19H24ClN3O3S. The van der Waals surface area contributed by atoms with Gasteiger partial charge in [-0.15, -0.1) is 0 Å². The van der Waals surface area contributed by atoms with Crippen molar-refractivity contribution in [2.45, 2.75) is 44.5 Å². The number of halogens is 1. The average Bonchev–Trinajstić information content (AvgIpc) is 3.15. The highest BCUT2D eigenvalue weighted by Gasteiger charge is 2.18. The van der Waals surface area contributed by atoms with Crippen LogP contribution < -0.4 is 10.9 Å². The number of amides is 1. The molecule has 146 valence electrons. The number of benzene rings is 1. The van der Waals surface area contributed by atoms with Crippen LogP contribution in [-0.4, -0.2) is 40.5 Å². The number of fused-ring (bicyclic) bond motifs is 1. The molecule has 8 heteroatoms. The molecule has 0 radical (unpaired) electrons. The summed E-state index contributed by atoms with van der Waals surface area (Å²) in [6.07, 6.45) is 2.14. The third-order valence-corrected chi connectivity index (χ3v) is 5.52. The van der Waals surface area contributed by atoms with Gasteiger partial charge in [0.2, 0.25) is 5.91 Å². The van der Waals surface area contributed by atoms with Gasteiger partial charge in [-0.3, -0.25) is 14.2 Å². The Morgan fingerprint density at radius 1 is 1.48 bits per heavy atom. The molecular weight excluding hydrogens is 386 g/mol. The smallest absolute Gasteiger partial charge is 0.262 e. The topological polar surface area (TPSA) is 73.2 Å². The van der Waals surface area contributed by atoms with Gasteiger partial charge in [-0.05, 0) is 37.0 Å². The normalized spacial score (nSPS) is 17.0. The van der Waals surface area contributed by atoms with Crippen LogP contribution in [0.5, 0.6) is 0 Å². The first kappa shape index (κ1) is 20.2. The fourth-order valence-electron chi connectivity index (χ4n) is 3.02. The van der Waals surface area contributed by atoms with E-state index in [0.29, 0.717) is 34.2 Å². The maximum absolute atomic E-state index is 12.9. The Hall–Kier alpha value is -1.57. The second kappa shape index (κ2) is 9.08. The zero-order valence-corrected chi connectivity index (χ0v) is 17.1. The lowest BCUT2D eigenvalue weighted by Gasteiger charge is -2.15. The van der Waals surface area contributed by atoms with Gasteiger partial charge in [0, 0.05) is 24.7 Å². The third-order valence-electron chi connectivity index (χ3n) is 4.31. The zero-order valence-electron chi connectivity index (χ0n) is 15.5. The van der Waals surface area contributed by atoms with Gasteiger partial charge in [0.05, 0.1) is 22.8 Å². The number of nitrogens with one attached hydrogen (secondary N) is 1. The molecule has 1 N–H and O–H groups in total. The number of nitrogens with zero attached hydrogens (tertiary/aromatic N) is 2. The molecule has 1 aromatic heterocycles. The highest BCUT2D eigenvalue weighted by Crippen LogP contribution is 2.21. The van der Waals surface area contributed by atoms with Gasteiger partial charge >= 0.3 is 0 Å². The van der Waals surface area contributed by atoms with Gasteiger partial charge in [-0.25, -0.2) is 4.98 Å². The van der Waals surface area contributed by atoms with E-state index in [9.17, 15) is 9.59 Å². The molecule has 27 heavy (non-hydrogen) atoms. The van der Waals surface area contributed by atoms with Gasteiger partial charge in [0.25, 0.3) is 5.56 Å². The lowest BCUT2D eigenvalue weighted by Crippen LogP contribution is -2.33. The van der Waals surface area contributed by atoms with Crippen LogP contribution in [0.4, 0.5) is 0 Å². The molecule has 1 aliphatic heterocycles. The minimum Gasteiger partial charge on any atom is -0.376 e. The molecule has 6 nitrogen and oxygen atoms in total. The fourth-order valence-corrected chi connectivity index (χ4v) is 4.03. The molecule has 1 saturated heterocycles. The van der Waals surface area contributed by atoms with E-state index in [1.54, 1.807) is 22.8 Å². The van der Waals surface area contributed by atoms with E-state index in [1.807, 2.05) is 13.8 Å². The number of aromatic nitrogens is 2. The number of ether oxygens (including phenoxy) is 1. The highest BCUT2D eigenvalue weighted by atomic mass is 35.5. The molecule has 3 rings (SSSR count). The molecule has 1 unspecified atom stereocenters. The first-order chi connectivity index (χ1) is 12.9. The van der Waals surface area contributed by atoms with E-state index < -0.39 is 0 Å². The van der Waals surface area contributed by atoms with E-state index >= 15 is 0 Å². The van der Waals surface area contributed by atoms with Crippen LogP contribution >= 0.6 is 23.4 Å². The molecule has 0 spiro atoms. The largest absolute Gasteiger partial charge is 0.376 e. The molecule has 0 aliphatic carbocycles. The number of thioether (sulfide) groups is 1. The average molecular weight is 410 g/mol. The minimum absolute atomic E-state index is 0.0861. The Balaban J connectivity index is 1.76. The van der Waals surface area contributed by atoms with Crippen molar-refractivity contribution in [1.29, 1.82) is 0 Å². The van der Waals surface area contributed by atoms with Gasteiger partial charge < -0.3 is 10.1 Å². The molecule has 2 heterocycles. The van der Waals surface area contributed by atoms with Crippen molar-refractivity contribution in [3.8, 4) is 0 Å². The van der Waals surface area contributed by atoms with Gasteiger partial charge in [0.15, 0.2) is 5.16 Å². The molecule has 1 aromatic carbocycles. The summed E-state index contributed by atoms with van der Waals surface area (Å²) < 4.78 is 7.15. The number of carbonyl (C=O) groups excluding carboxylic acids is 1. The van der Waals surface area contributed by atoms with Crippen molar-refractivity contribution in [2.24, 2.45) is 5.92 Å². The summed E-state index contributed by atoms with van der Waals surface area (Å²) in [5.41, 5.74) is 0.463. The fraction of sp³-hybridized carbons (Fsp3) is 0.526. The Bertz CT molecular complexity index is 878. The van der Waals surface area contributed by atoms with E-state index in [-0.39, 0.29) is 29.2 Å². The van der Waals surface area contributed by atoms with Crippen molar-refractivity contribution in [1.82, 2.24) is 14.9 Å². The first-order valence-electron chi connectivity index (χ1n) is 9.15. The van der Waals surface area contributed by atoms with Crippen LogP contribution in [0.1, 0.15) is 26.7 Å². The number of hydrogen-bond acceptors (Lipinski definition) is 5. The van der Waals surface area contributed by atoms with Gasteiger partial charge in [-0.1, -0.05) is 37.2 Å². The summed E-state index contributed by atoms with van der Waals surface area (Å²) in [7, 11) is 0. The Morgan fingerprint density at radius 3 is 3.00 bits per heavy atom. The highest BCUT2D eigenvalue weighted by molar-refractivity contribution is 7.99. The first-order valence-corrected chi connectivity index (χ1v) is 10.5. The summed E-state index contributed by atoms with van der Waals surface area (Å²) in [6.45, 7) is 5.91. The molecule has 2 aromatic rings. The van der Waals surface area contributed by atoms with Crippen molar-refractivity contribution in [2.75, 3.05) is 18.9 Å². The second-order valence-electron chi connectivity index (χ2n) is 7.09. The Kier molecular flexibility index (Phi) is 6.78. The molecule has 1 atom stereocenters. The number of rotatable bonds is 7. The second-order valence-corrected chi connectivity index (χ2v) is 8.47. The summed E-state index contributed by atoms with van der Waals surface area (Å²) in [5, 5.41) is 4.45. The summed E-state index contributed by atoms with van der Waals surface area (Å²) in [4.78, 5) is 29.7. The van der Waals surface area contributed by atoms with Gasteiger partial charge in [-0.2, -0.15) is 0 Å². The molecule has 0 saturated carbocycles. The molecule has 1 fully saturated rings. The predicted octanol–water partition coefficient (Wildman–Crippen LogP) is 3.09. The van der Waals surface area contributed by atoms with Crippen LogP contribution in [0.2, 0.25) is 5.02 Å². The summed E-state index contributed by atoms with van der Waals surface area (Å²) in [5.74, 6) is 0.391.